The SMILES string of the molecule is C/C(C#N)=C(C)/C(C)=C(/C)C#N. The number of nitriles is 2. The highest BCUT2D eigenvalue weighted by Crippen LogP contribution is 2.16. The summed E-state index contributed by atoms with van der Waals surface area (Å²) in [7, 11) is 0. The first-order chi connectivity index (χ1) is 5.54. The Balaban J connectivity index is 5.16. The van der Waals surface area contributed by atoms with Crippen LogP contribution in [0.15, 0.2) is 22.3 Å². The minimum Gasteiger partial charge on any atom is -0.193 e. The Morgan fingerprint density at radius 2 is 1.00 bits per heavy atom. The average Bonchev–Trinajstić information content (AvgIpc) is 2.12. The molecule has 0 N–H and O–H groups in total. The Bertz CT molecular complexity index is 285. The highest BCUT2D eigenvalue weighted by atomic mass is 14.3. The van der Waals surface area contributed by atoms with Gasteiger partial charge < -0.3 is 0 Å². The second kappa shape index (κ2) is 4.36. The summed E-state index contributed by atoms with van der Waals surface area (Å²) in [6.07, 6.45) is 0. The zero-order valence-corrected chi connectivity index (χ0v) is 7.89. The highest BCUT2D eigenvalue weighted by Gasteiger charge is 2.01. The Morgan fingerprint density at radius 1 is 0.750 bits per heavy atom. The van der Waals surface area contributed by atoms with Crippen LogP contribution in [0.4, 0.5) is 0 Å². The van der Waals surface area contributed by atoms with Crippen molar-refractivity contribution < 1.29 is 0 Å². The van der Waals surface area contributed by atoms with E-state index >= 15 is 0 Å². The molecule has 0 atom stereocenters. The molecule has 0 saturated heterocycles. The summed E-state index contributed by atoms with van der Waals surface area (Å²) in [5.74, 6) is 0. The second-order valence-corrected chi connectivity index (χ2v) is 2.72. The van der Waals surface area contributed by atoms with Gasteiger partial charge in [0.15, 0.2) is 0 Å². The van der Waals surface area contributed by atoms with Crippen molar-refractivity contribution in [3.63, 3.8) is 0 Å². The van der Waals surface area contributed by atoms with E-state index in [1.165, 1.54) is 0 Å². The quantitative estimate of drug-likeness (QED) is 0.437. The minimum atomic E-state index is 0.669. The fourth-order valence-corrected chi connectivity index (χ4v) is 0.730. The first-order valence-corrected chi connectivity index (χ1v) is 3.70. The van der Waals surface area contributed by atoms with Gasteiger partial charge in [-0.05, 0) is 38.8 Å². The summed E-state index contributed by atoms with van der Waals surface area (Å²) in [4.78, 5) is 0. The van der Waals surface area contributed by atoms with Crippen LogP contribution in [-0.4, -0.2) is 0 Å². The molecule has 0 amide bonds. The van der Waals surface area contributed by atoms with Crippen molar-refractivity contribution in [1.29, 1.82) is 10.5 Å². The van der Waals surface area contributed by atoms with Crippen LogP contribution < -0.4 is 0 Å². The van der Waals surface area contributed by atoms with Gasteiger partial charge in [0.25, 0.3) is 0 Å². The normalized spacial score (nSPS) is 13.8. The molecule has 0 aliphatic carbocycles. The smallest absolute Gasteiger partial charge is 0.0946 e. The zero-order chi connectivity index (χ0) is 9.72. The summed E-state index contributed by atoms with van der Waals surface area (Å²) in [5, 5.41) is 17.2. The van der Waals surface area contributed by atoms with Crippen molar-refractivity contribution in [2.75, 3.05) is 0 Å². The van der Waals surface area contributed by atoms with E-state index in [4.69, 9.17) is 10.5 Å². The van der Waals surface area contributed by atoms with Gasteiger partial charge in [-0.3, -0.25) is 0 Å². The van der Waals surface area contributed by atoms with Crippen molar-refractivity contribution in [2.24, 2.45) is 0 Å². The molecule has 12 heavy (non-hydrogen) atoms. The van der Waals surface area contributed by atoms with Crippen molar-refractivity contribution in [1.82, 2.24) is 0 Å². The summed E-state index contributed by atoms with van der Waals surface area (Å²) < 4.78 is 0. The maximum Gasteiger partial charge on any atom is 0.0946 e. The first kappa shape index (κ1) is 10.5. The lowest BCUT2D eigenvalue weighted by molar-refractivity contribution is 1.23. The number of hydrogen-bond donors (Lipinski definition) is 0. The number of rotatable bonds is 1. The Morgan fingerprint density at radius 3 is 1.17 bits per heavy atom. The highest BCUT2D eigenvalue weighted by molar-refractivity contribution is 5.43. The molecule has 0 aromatic carbocycles. The molecule has 2 heteroatoms. The Labute approximate surface area is 73.4 Å². The number of allylic oxidation sites excluding steroid dienone is 4. The molecule has 0 unspecified atom stereocenters. The van der Waals surface area contributed by atoms with E-state index in [9.17, 15) is 0 Å². The fourth-order valence-electron chi connectivity index (χ4n) is 0.730. The molecule has 0 aliphatic heterocycles. The van der Waals surface area contributed by atoms with Crippen molar-refractivity contribution >= 4 is 0 Å². The standard InChI is InChI=1S/C10H12N2/c1-7(5-11)9(3)10(4)8(2)6-12/h1-4H3/b9-7-,10-8-. The van der Waals surface area contributed by atoms with Gasteiger partial charge in [0, 0.05) is 11.1 Å². The lowest BCUT2D eigenvalue weighted by Crippen LogP contribution is -1.87. The summed E-state index contributed by atoms with van der Waals surface area (Å²) in [5.41, 5.74) is 3.14. The predicted molar refractivity (Wildman–Crippen MR) is 48.0 cm³/mol. The molecule has 0 bridgehead atoms. The molecule has 0 spiro atoms. The fraction of sp³-hybridized carbons (Fsp3) is 0.400. The van der Waals surface area contributed by atoms with Crippen molar-refractivity contribution in [3.05, 3.63) is 22.3 Å². The minimum absolute atomic E-state index is 0.669. The lowest BCUT2D eigenvalue weighted by atomic mass is 10.0. The van der Waals surface area contributed by atoms with E-state index in [0.717, 1.165) is 11.1 Å². The van der Waals surface area contributed by atoms with Gasteiger partial charge in [-0.1, -0.05) is 0 Å². The van der Waals surface area contributed by atoms with Crippen molar-refractivity contribution in [3.8, 4) is 12.1 Å². The second-order valence-electron chi connectivity index (χ2n) is 2.72. The predicted octanol–water partition coefficient (Wildman–Crippen LogP) is 2.71. The third-order valence-electron chi connectivity index (χ3n) is 2.02. The van der Waals surface area contributed by atoms with E-state index < -0.39 is 0 Å². The van der Waals surface area contributed by atoms with Gasteiger partial charge in [-0.25, -0.2) is 0 Å². The number of nitrogens with zero attached hydrogens (tertiary/aromatic N) is 2. The van der Waals surface area contributed by atoms with Crippen LogP contribution in [0.3, 0.4) is 0 Å². The van der Waals surface area contributed by atoms with Gasteiger partial charge in [0.2, 0.25) is 0 Å². The molecular formula is C10H12N2. The largest absolute Gasteiger partial charge is 0.193 e. The average molecular weight is 160 g/mol. The Hall–Kier alpha value is -1.54. The molecule has 2 nitrogen and oxygen atoms in total. The van der Waals surface area contributed by atoms with Crippen LogP contribution in [-0.2, 0) is 0 Å². The molecule has 0 rings (SSSR count). The molecular weight excluding hydrogens is 148 g/mol. The van der Waals surface area contributed by atoms with Crippen LogP contribution in [0.25, 0.3) is 0 Å². The Kier molecular flexibility index (Phi) is 3.80. The van der Waals surface area contributed by atoms with Crippen LogP contribution in [0, 0.1) is 22.7 Å². The van der Waals surface area contributed by atoms with Crippen LogP contribution in [0.2, 0.25) is 0 Å². The first-order valence-electron chi connectivity index (χ1n) is 3.70. The number of hydrogen-bond acceptors (Lipinski definition) is 2. The van der Waals surface area contributed by atoms with Gasteiger partial charge in [0.05, 0.1) is 12.1 Å². The van der Waals surface area contributed by atoms with E-state index in [0.29, 0.717) is 11.1 Å². The van der Waals surface area contributed by atoms with Crippen LogP contribution in [0.1, 0.15) is 27.7 Å². The lowest BCUT2D eigenvalue weighted by Gasteiger charge is -2.02. The molecule has 0 saturated carbocycles. The topological polar surface area (TPSA) is 47.6 Å². The third kappa shape index (κ3) is 2.25. The molecule has 0 aliphatic rings. The summed E-state index contributed by atoms with van der Waals surface area (Å²) in [6.45, 7) is 7.22. The monoisotopic (exact) mass is 160 g/mol. The molecule has 0 heterocycles. The van der Waals surface area contributed by atoms with Crippen molar-refractivity contribution in [2.45, 2.75) is 27.7 Å². The molecule has 0 radical (unpaired) electrons. The summed E-state index contributed by atoms with van der Waals surface area (Å²) in [6, 6.07) is 4.12. The van der Waals surface area contributed by atoms with Gasteiger partial charge in [0.1, 0.15) is 0 Å². The van der Waals surface area contributed by atoms with E-state index in [1.807, 2.05) is 13.8 Å². The zero-order valence-electron chi connectivity index (χ0n) is 7.89. The van der Waals surface area contributed by atoms with Gasteiger partial charge in [-0.2, -0.15) is 10.5 Å². The van der Waals surface area contributed by atoms with Crippen LogP contribution in [0.5, 0.6) is 0 Å². The van der Waals surface area contributed by atoms with E-state index in [2.05, 4.69) is 12.1 Å². The van der Waals surface area contributed by atoms with Crippen LogP contribution >= 0.6 is 0 Å². The van der Waals surface area contributed by atoms with E-state index in [1.54, 1.807) is 13.8 Å². The molecule has 0 fully saturated rings. The van der Waals surface area contributed by atoms with Gasteiger partial charge in [-0.15, -0.1) is 0 Å². The maximum absolute atomic E-state index is 8.60. The third-order valence-corrected chi connectivity index (χ3v) is 2.02. The molecule has 0 aromatic heterocycles. The summed E-state index contributed by atoms with van der Waals surface area (Å²) >= 11 is 0. The van der Waals surface area contributed by atoms with Gasteiger partial charge >= 0.3 is 0 Å². The van der Waals surface area contributed by atoms with E-state index in [-0.39, 0.29) is 0 Å². The maximum atomic E-state index is 8.60. The molecule has 62 valence electrons. The molecule has 0 aromatic rings.